The molecule has 3 heteroatoms. The number of benzene rings is 2. The van der Waals surface area contributed by atoms with Crippen molar-refractivity contribution in [2.75, 3.05) is 11.9 Å². The van der Waals surface area contributed by atoms with Gasteiger partial charge in [0.2, 0.25) is 0 Å². The average Bonchev–Trinajstić information content (AvgIpc) is 2.46. The molecule has 2 nitrogen and oxygen atoms in total. The van der Waals surface area contributed by atoms with E-state index in [0.717, 1.165) is 17.4 Å². The zero-order valence-electron chi connectivity index (χ0n) is 12.0. The Balaban J connectivity index is 2.07. The van der Waals surface area contributed by atoms with Crippen molar-refractivity contribution in [3.8, 4) is 0 Å². The number of hydrogen-bond acceptors (Lipinski definition) is 2. The lowest BCUT2D eigenvalue weighted by molar-refractivity contribution is 0.698. The van der Waals surface area contributed by atoms with Gasteiger partial charge in [-0.05, 0) is 41.8 Å². The normalized spacial score (nSPS) is 12.2. The summed E-state index contributed by atoms with van der Waals surface area (Å²) < 4.78 is 1.12. The molecule has 106 valence electrons. The molecule has 20 heavy (non-hydrogen) atoms. The van der Waals surface area contributed by atoms with E-state index in [0.29, 0.717) is 0 Å². The topological polar surface area (TPSA) is 29.3 Å². The zero-order valence-corrected chi connectivity index (χ0v) is 13.6. The molecule has 0 fully saturated rings. The van der Waals surface area contributed by atoms with Gasteiger partial charge in [-0.1, -0.05) is 47.1 Å². The van der Waals surface area contributed by atoms with E-state index in [4.69, 9.17) is 5.73 Å². The Hall–Kier alpha value is -1.32. The second kappa shape index (κ2) is 6.91. The highest BCUT2D eigenvalue weighted by Gasteiger charge is 2.06. The molecule has 0 radical (unpaired) electrons. The zero-order chi connectivity index (χ0) is 14.5. The summed E-state index contributed by atoms with van der Waals surface area (Å²) in [5, 5.41) is 0. The summed E-state index contributed by atoms with van der Waals surface area (Å²) in [6.07, 6.45) is 0.966. The predicted molar refractivity (Wildman–Crippen MR) is 89.9 cm³/mol. The molecule has 0 bridgehead atoms. The highest BCUT2D eigenvalue weighted by molar-refractivity contribution is 9.10. The Kier molecular flexibility index (Phi) is 5.21. The minimum absolute atomic E-state index is 0.138. The number of nitrogens with zero attached hydrogens (tertiary/aromatic N) is 1. The smallest absolute Gasteiger partial charge is 0.0426 e. The van der Waals surface area contributed by atoms with Gasteiger partial charge in [-0.15, -0.1) is 0 Å². The highest BCUT2D eigenvalue weighted by atomic mass is 79.9. The number of hydrogen-bond donors (Lipinski definition) is 1. The van der Waals surface area contributed by atoms with Crippen molar-refractivity contribution in [1.82, 2.24) is 0 Å². The van der Waals surface area contributed by atoms with Crippen molar-refractivity contribution in [1.29, 1.82) is 0 Å². The third-order valence-corrected chi connectivity index (χ3v) is 4.00. The van der Waals surface area contributed by atoms with Gasteiger partial charge in [0, 0.05) is 29.8 Å². The first kappa shape index (κ1) is 15.1. The van der Waals surface area contributed by atoms with Crippen LogP contribution in [0.5, 0.6) is 0 Å². The third-order valence-electron chi connectivity index (χ3n) is 3.51. The van der Waals surface area contributed by atoms with Crippen LogP contribution >= 0.6 is 15.9 Å². The van der Waals surface area contributed by atoms with Gasteiger partial charge in [0.15, 0.2) is 0 Å². The lowest BCUT2D eigenvalue weighted by atomic mass is 10.1. The molecular weight excluding hydrogens is 312 g/mol. The summed E-state index contributed by atoms with van der Waals surface area (Å²) in [6.45, 7) is 3.00. The fraction of sp³-hybridized carbons (Fsp3) is 0.294. The number of rotatable bonds is 5. The van der Waals surface area contributed by atoms with Gasteiger partial charge in [-0.25, -0.2) is 0 Å². The first-order valence-corrected chi connectivity index (χ1v) is 7.70. The van der Waals surface area contributed by atoms with Gasteiger partial charge >= 0.3 is 0 Å². The van der Waals surface area contributed by atoms with E-state index in [2.05, 4.69) is 77.3 Å². The number of halogens is 1. The van der Waals surface area contributed by atoms with E-state index in [-0.39, 0.29) is 6.04 Å². The Morgan fingerprint density at radius 1 is 1.15 bits per heavy atom. The predicted octanol–water partition coefficient (Wildman–Crippen LogP) is 4.50. The van der Waals surface area contributed by atoms with Gasteiger partial charge in [-0.2, -0.15) is 0 Å². The second-order valence-electron chi connectivity index (χ2n) is 5.09. The molecule has 2 N–H and O–H groups in total. The molecule has 2 aromatic carbocycles. The minimum atomic E-state index is 0.138. The van der Waals surface area contributed by atoms with Crippen molar-refractivity contribution in [3.63, 3.8) is 0 Å². The third kappa shape index (κ3) is 3.84. The van der Waals surface area contributed by atoms with Crippen LogP contribution in [-0.2, 0) is 6.54 Å². The maximum absolute atomic E-state index is 6.04. The van der Waals surface area contributed by atoms with Crippen molar-refractivity contribution >= 4 is 21.6 Å². The van der Waals surface area contributed by atoms with Crippen molar-refractivity contribution in [3.05, 3.63) is 64.1 Å². The van der Waals surface area contributed by atoms with Crippen LogP contribution < -0.4 is 10.6 Å². The van der Waals surface area contributed by atoms with Crippen LogP contribution in [0.2, 0.25) is 0 Å². The molecule has 0 spiro atoms. The standard InChI is InChI=1S/C17H21BrN2/c1-3-17(19)14-7-9-16(10-8-14)20(2)12-13-5-4-6-15(18)11-13/h4-11,17H,3,12,19H2,1-2H3/t17-/m1/s1. The maximum Gasteiger partial charge on any atom is 0.0426 e. The maximum atomic E-state index is 6.04. The van der Waals surface area contributed by atoms with Crippen LogP contribution in [-0.4, -0.2) is 7.05 Å². The molecular formula is C17H21BrN2. The second-order valence-corrected chi connectivity index (χ2v) is 6.01. The van der Waals surface area contributed by atoms with Crippen molar-refractivity contribution < 1.29 is 0 Å². The fourth-order valence-electron chi connectivity index (χ4n) is 2.21. The summed E-state index contributed by atoms with van der Waals surface area (Å²) in [7, 11) is 2.11. The molecule has 0 heterocycles. The van der Waals surface area contributed by atoms with Gasteiger partial charge in [0.05, 0.1) is 0 Å². The van der Waals surface area contributed by atoms with E-state index < -0.39 is 0 Å². The minimum Gasteiger partial charge on any atom is -0.370 e. The molecule has 0 aromatic heterocycles. The summed E-state index contributed by atoms with van der Waals surface area (Å²) >= 11 is 3.51. The largest absolute Gasteiger partial charge is 0.370 e. The van der Waals surface area contributed by atoms with Crippen LogP contribution in [0.1, 0.15) is 30.5 Å². The van der Waals surface area contributed by atoms with Gasteiger partial charge in [0.25, 0.3) is 0 Å². The van der Waals surface area contributed by atoms with E-state index >= 15 is 0 Å². The SMILES string of the molecule is CC[C@@H](N)c1ccc(N(C)Cc2cccc(Br)c2)cc1. The molecule has 0 aliphatic heterocycles. The van der Waals surface area contributed by atoms with Gasteiger partial charge in [0.1, 0.15) is 0 Å². The Bertz CT molecular complexity index is 551. The summed E-state index contributed by atoms with van der Waals surface area (Å²) in [5.74, 6) is 0. The Morgan fingerprint density at radius 3 is 2.45 bits per heavy atom. The molecule has 0 saturated carbocycles. The van der Waals surface area contributed by atoms with Crippen molar-refractivity contribution in [2.24, 2.45) is 5.73 Å². The molecule has 0 aliphatic rings. The molecule has 2 rings (SSSR count). The lowest BCUT2D eigenvalue weighted by Crippen LogP contribution is -2.16. The molecule has 0 unspecified atom stereocenters. The highest BCUT2D eigenvalue weighted by Crippen LogP contribution is 2.21. The average molecular weight is 333 g/mol. The first-order chi connectivity index (χ1) is 9.60. The number of anilines is 1. The van der Waals surface area contributed by atoms with Gasteiger partial charge in [-0.3, -0.25) is 0 Å². The number of nitrogens with two attached hydrogens (primary N) is 1. The van der Waals surface area contributed by atoms with Crippen LogP contribution in [0.3, 0.4) is 0 Å². The Labute approximate surface area is 129 Å². The van der Waals surface area contributed by atoms with E-state index in [9.17, 15) is 0 Å². The first-order valence-electron chi connectivity index (χ1n) is 6.91. The summed E-state index contributed by atoms with van der Waals surface area (Å²) in [5.41, 5.74) is 9.74. The van der Waals surface area contributed by atoms with Crippen LogP contribution in [0.4, 0.5) is 5.69 Å². The molecule has 0 saturated heterocycles. The molecule has 0 amide bonds. The van der Waals surface area contributed by atoms with E-state index in [1.54, 1.807) is 0 Å². The van der Waals surface area contributed by atoms with Crippen LogP contribution in [0, 0.1) is 0 Å². The van der Waals surface area contributed by atoms with Crippen molar-refractivity contribution in [2.45, 2.75) is 25.9 Å². The summed E-state index contributed by atoms with van der Waals surface area (Å²) in [6, 6.07) is 17.1. The van der Waals surface area contributed by atoms with Gasteiger partial charge < -0.3 is 10.6 Å². The molecule has 1 atom stereocenters. The monoisotopic (exact) mass is 332 g/mol. The summed E-state index contributed by atoms with van der Waals surface area (Å²) in [4.78, 5) is 2.24. The van der Waals surface area contributed by atoms with E-state index in [1.165, 1.54) is 16.8 Å². The van der Waals surface area contributed by atoms with Crippen LogP contribution in [0.25, 0.3) is 0 Å². The fourth-order valence-corrected chi connectivity index (χ4v) is 2.66. The van der Waals surface area contributed by atoms with E-state index in [1.807, 2.05) is 6.07 Å². The Morgan fingerprint density at radius 2 is 1.85 bits per heavy atom. The molecule has 0 aliphatic carbocycles. The lowest BCUT2D eigenvalue weighted by Gasteiger charge is -2.20. The van der Waals surface area contributed by atoms with Crippen LogP contribution in [0.15, 0.2) is 53.0 Å². The quantitative estimate of drug-likeness (QED) is 0.873. The molecule has 2 aromatic rings.